The summed E-state index contributed by atoms with van der Waals surface area (Å²) in [5, 5.41) is 0. The molecule has 18 heavy (non-hydrogen) atoms. The van der Waals surface area contributed by atoms with Crippen LogP contribution in [-0.2, 0) is 20.3 Å². The van der Waals surface area contributed by atoms with Crippen LogP contribution in [0.1, 0.15) is 19.3 Å². The van der Waals surface area contributed by atoms with Crippen LogP contribution in [0, 0.1) is 5.41 Å². The van der Waals surface area contributed by atoms with E-state index in [0.29, 0.717) is 5.75 Å². The molecule has 0 spiro atoms. The summed E-state index contributed by atoms with van der Waals surface area (Å²) in [6, 6.07) is 0. The molecule has 0 heterocycles. The molecule has 0 aromatic rings. The van der Waals surface area contributed by atoms with Gasteiger partial charge in [0.2, 0.25) is 0 Å². The molecule has 0 N–H and O–H groups in total. The van der Waals surface area contributed by atoms with Gasteiger partial charge in [-0.2, -0.15) is 13.2 Å². The predicted octanol–water partition coefficient (Wildman–Crippen LogP) is 2.33. The van der Waals surface area contributed by atoms with Gasteiger partial charge < -0.3 is 4.74 Å². The van der Waals surface area contributed by atoms with Gasteiger partial charge in [0.1, 0.15) is 0 Å². The molecular formula is C10H15F3O3S2. The fourth-order valence-electron chi connectivity index (χ4n) is 1.59. The molecule has 1 saturated carbocycles. The van der Waals surface area contributed by atoms with Gasteiger partial charge in [-0.15, -0.1) is 0 Å². The summed E-state index contributed by atoms with van der Waals surface area (Å²) in [6.45, 7) is 0. The molecule has 1 aliphatic rings. The highest BCUT2D eigenvalue weighted by molar-refractivity contribution is 8.00. The molecule has 1 atom stereocenters. The summed E-state index contributed by atoms with van der Waals surface area (Å²) in [4.78, 5) is 11.1. The number of carbonyl (C=O) groups excluding carboxylic acids is 1. The lowest BCUT2D eigenvalue weighted by Gasteiger charge is -2.13. The Bertz CT molecular complexity index is 327. The smallest absolute Gasteiger partial charge is 0.441 e. The number of ether oxygens (including phenoxy) is 1. The summed E-state index contributed by atoms with van der Waals surface area (Å²) in [7, 11) is -0.0216. The molecular weight excluding hydrogens is 289 g/mol. The van der Waals surface area contributed by atoms with E-state index in [9.17, 15) is 22.2 Å². The van der Waals surface area contributed by atoms with Crippen LogP contribution in [0.4, 0.5) is 13.2 Å². The third-order valence-electron chi connectivity index (χ3n) is 2.75. The second-order valence-electron chi connectivity index (χ2n) is 4.34. The minimum atomic E-state index is -4.27. The fraction of sp³-hybridized carbons (Fsp3) is 0.900. The first kappa shape index (κ1) is 15.8. The second-order valence-corrected chi connectivity index (χ2v) is 7.07. The Balaban J connectivity index is 2.26. The van der Waals surface area contributed by atoms with Gasteiger partial charge in [-0.25, -0.2) is 0 Å². The van der Waals surface area contributed by atoms with Gasteiger partial charge in [0.05, 0.1) is 13.5 Å². The van der Waals surface area contributed by atoms with E-state index in [4.69, 9.17) is 0 Å². The van der Waals surface area contributed by atoms with E-state index in [-0.39, 0.29) is 41.1 Å². The summed E-state index contributed by atoms with van der Waals surface area (Å²) in [5.74, 6) is -0.257. The topological polar surface area (TPSA) is 43.4 Å². The minimum absolute atomic E-state index is 0.00704. The van der Waals surface area contributed by atoms with Crippen LogP contribution in [-0.4, -0.2) is 40.1 Å². The van der Waals surface area contributed by atoms with Gasteiger partial charge in [0.15, 0.2) is 0 Å². The third kappa shape index (κ3) is 6.08. The van der Waals surface area contributed by atoms with E-state index in [1.165, 1.54) is 7.11 Å². The van der Waals surface area contributed by atoms with Crippen molar-refractivity contribution in [3.8, 4) is 0 Å². The van der Waals surface area contributed by atoms with E-state index in [0.717, 1.165) is 12.8 Å². The number of hydrogen-bond donors (Lipinski definition) is 0. The first-order chi connectivity index (χ1) is 8.26. The van der Waals surface area contributed by atoms with Gasteiger partial charge in [0.25, 0.3) is 0 Å². The lowest BCUT2D eigenvalue weighted by molar-refractivity contribution is -0.141. The van der Waals surface area contributed by atoms with Crippen molar-refractivity contribution >= 4 is 28.5 Å². The van der Waals surface area contributed by atoms with Crippen molar-refractivity contribution in [1.29, 1.82) is 0 Å². The molecule has 3 nitrogen and oxygen atoms in total. The van der Waals surface area contributed by atoms with E-state index in [2.05, 4.69) is 4.74 Å². The van der Waals surface area contributed by atoms with Crippen molar-refractivity contribution < 1.29 is 26.9 Å². The van der Waals surface area contributed by atoms with Crippen LogP contribution in [0.2, 0.25) is 0 Å². The number of carbonyl (C=O) groups is 1. The third-order valence-corrected chi connectivity index (χ3v) is 5.34. The van der Waals surface area contributed by atoms with E-state index >= 15 is 0 Å². The molecule has 0 aromatic carbocycles. The van der Waals surface area contributed by atoms with Crippen LogP contribution in [0.3, 0.4) is 0 Å². The lowest BCUT2D eigenvalue weighted by atomic mass is 10.1. The maximum absolute atomic E-state index is 11.9. The quantitative estimate of drug-likeness (QED) is 0.677. The zero-order valence-electron chi connectivity index (χ0n) is 9.92. The highest BCUT2D eigenvalue weighted by atomic mass is 32.2. The zero-order valence-corrected chi connectivity index (χ0v) is 11.6. The summed E-state index contributed by atoms with van der Waals surface area (Å²) in [6.07, 6.45) is 1.79. The van der Waals surface area contributed by atoms with Gasteiger partial charge in [0, 0.05) is 28.1 Å². The zero-order chi connectivity index (χ0) is 13.8. The van der Waals surface area contributed by atoms with Crippen molar-refractivity contribution in [2.24, 2.45) is 5.41 Å². The number of methoxy groups -OCH3 is 1. The Labute approximate surface area is 110 Å². The van der Waals surface area contributed by atoms with Crippen LogP contribution in [0.5, 0.6) is 0 Å². The summed E-state index contributed by atoms with van der Waals surface area (Å²) < 4.78 is 51.8. The van der Waals surface area contributed by atoms with Crippen molar-refractivity contribution in [3.63, 3.8) is 0 Å². The normalized spacial score (nSPS) is 19.3. The molecule has 1 unspecified atom stereocenters. The van der Waals surface area contributed by atoms with Crippen molar-refractivity contribution in [2.75, 3.05) is 24.4 Å². The number of alkyl halides is 3. The minimum Gasteiger partial charge on any atom is -0.469 e. The highest BCUT2D eigenvalue weighted by Gasteiger charge is 2.45. The molecule has 0 aliphatic heterocycles. The van der Waals surface area contributed by atoms with Crippen LogP contribution >= 0.6 is 11.8 Å². The van der Waals surface area contributed by atoms with Gasteiger partial charge in [-0.05, 0) is 18.3 Å². The molecule has 1 aliphatic carbocycles. The molecule has 1 fully saturated rings. The van der Waals surface area contributed by atoms with E-state index in [1.807, 2.05) is 0 Å². The van der Waals surface area contributed by atoms with Crippen LogP contribution in [0.15, 0.2) is 0 Å². The van der Waals surface area contributed by atoms with Crippen molar-refractivity contribution in [2.45, 2.75) is 24.8 Å². The van der Waals surface area contributed by atoms with Crippen molar-refractivity contribution in [3.05, 3.63) is 0 Å². The average molecular weight is 304 g/mol. The van der Waals surface area contributed by atoms with Gasteiger partial charge in [-0.1, -0.05) is 11.8 Å². The largest absolute Gasteiger partial charge is 0.469 e. The maximum Gasteiger partial charge on any atom is 0.441 e. The number of halogens is 3. The van der Waals surface area contributed by atoms with Crippen LogP contribution in [0.25, 0.3) is 0 Å². The molecule has 0 amide bonds. The number of esters is 1. The standard InChI is InChI=1S/C10H15F3O3S2/c1-16-8(14)6-9(2-3-9)7-18(15)5-4-17-10(11,12)13/h2-7H2,1H3. The monoisotopic (exact) mass is 304 g/mol. The second kappa shape index (κ2) is 6.27. The predicted molar refractivity (Wildman–Crippen MR) is 64.7 cm³/mol. The van der Waals surface area contributed by atoms with Crippen LogP contribution < -0.4 is 0 Å². The number of thioether (sulfide) groups is 1. The van der Waals surface area contributed by atoms with Gasteiger partial charge >= 0.3 is 11.5 Å². The molecule has 8 heteroatoms. The summed E-state index contributed by atoms with van der Waals surface area (Å²) in [5.41, 5.74) is -4.56. The molecule has 0 bridgehead atoms. The summed E-state index contributed by atoms with van der Waals surface area (Å²) >= 11 is -0.158. The van der Waals surface area contributed by atoms with E-state index in [1.54, 1.807) is 0 Å². The number of hydrogen-bond acceptors (Lipinski definition) is 4. The average Bonchev–Trinajstić information content (AvgIpc) is 2.95. The first-order valence-electron chi connectivity index (χ1n) is 5.39. The van der Waals surface area contributed by atoms with Gasteiger partial charge in [-0.3, -0.25) is 9.00 Å². The van der Waals surface area contributed by atoms with E-state index < -0.39 is 16.3 Å². The Morgan fingerprint density at radius 3 is 2.50 bits per heavy atom. The van der Waals surface area contributed by atoms with Crippen molar-refractivity contribution in [1.82, 2.24) is 0 Å². The Morgan fingerprint density at radius 2 is 2.06 bits per heavy atom. The number of rotatable bonds is 7. The lowest BCUT2D eigenvalue weighted by Crippen LogP contribution is -2.20. The Hall–Kier alpha value is -0.240. The maximum atomic E-state index is 11.9. The molecule has 0 saturated heterocycles. The molecule has 0 aromatic heterocycles. The SMILES string of the molecule is COC(=O)CC1(CS(=O)CCSC(F)(F)F)CC1. The molecule has 1 rings (SSSR count). The molecule has 0 radical (unpaired) electrons. The Kier molecular flexibility index (Phi) is 5.51. The fourth-order valence-corrected chi connectivity index (χ4v) is 4.12. The Morgan fingerprint density at radius 1 is 1.44 bits per heavy atom. The first-order valence-corrected chi connectivity index (χ1v) is 7.86. The molecule has 106 valence electrons. The highest BCUT2D eigenvalue weighted by Crippen LogP contribution is 2.49.